The highest BCUT2D eigenvalue weighted by Gasteiger charge is 1.99. The Balaban J connectivity index is 1.97. The van der Waals surface area contributed by atoms with Gasteiger partial charge in [0, 0.05) is 18.3 Å². The first kappa shape index (κ1) is 14.4. The highest BCUT2D eigenvalue weighted by Crippen LogP contribution is 2.19. The van der Waals surface area contributed by atoms with Crippen molar-refractivity contribution in [3.05, 3.63) is 59.2 Å². The van der Waals surface area contributed by atoms with Gasteiger partial charge < -0.3 is 10.1 Å². The average Bonchev–Trinajstić information content (AvgIpc) is 2.47. The Morgan fingerprint density at radius 2 is 1.85 bits per heavy atom. The summed E-state index contributed by atoms with van der Waals surface area (Å²) in [6, 6.07) is 14.7. The van der Waals surface area contributed by atoms with E-state index in [4.69, 9.17) is 4.74 Å². The van der Waals surface area contributed by atoms with Gasteiger partial charge in [0.05, 0.1) is 6.61 Å². The summed E-state index contributed by atoms with van der Waals surface area (Å²) < 4.78 is 5.64. The average molecular weight is 269 g/mol. The number of ether oxygens (including phenoxy) is 1. The summed E-state index contributed by atoms with van der Waals surface area (Å²) in [5.74, 6) is 0.928. The van der Waals surface area contributed by atoms with Crippen LogP contribution in [0.1, 0.15) is 30.0 Å². The Hall–Kier alpha value is -1.96. The second-order valence-electron chi connectivity index (χ2n) is 5.15. The molecule has 0 spiro atoms. The van der Waals surface area contributed by atoms with Crippen molar-refractivity contribution in [1.29, 1.82) is 0 Å². The van der Waals surface area contributed by atoms with Gasteiger partial charge in [0.1, 0.15) is 5.75 Å². The van der Waals surface area contributed by atoms with E-state index in [0.29, 0.717) is 0 Å². The summed E-state index contributed by atoms with van der Waals surface area (Å²) in [6.45, 7) is 8.00. The number of hydrogen-bond acceptors (Lipinski definition) is 2. The number of benzene rings is 2. The van der Waals surface area contributed by atoms with E-state index in [0.717, 1.165) is 31.0 Å². The van der Waals surface area contributed by atoms with E-state index in [9.17, 15) is 0 Å². The minimum absolute atomic E-state index is 0.764. The third-order valence-corrected chi connectivity index (χ3v) is 3.37. The molecule has 0 amide bonds. The fourth-order valence-corrected chi connectivity index (χ4v) is 2.03. The first-order chi connectivity index (χ1) is 9.69. The second-order valence-corrected chi connectivity index (χ2v) is 5.15. The third-order valence-electron chi connectivity index (χ3n) is 3.37. The van der Waals surface area contributed by atoms with Crippen molar-refractivity contribution >= 4 is 5.69 Å². The molecule has 0 aliphatic carbocycles. The standard InChI is InChI=1S/C18H23NO/c1-4-10-20-18-7-5-6-17(12-18)19-13-16-9-8-14(2)15(3)11-16/h5-9,11-12,19H,4,10,13H2,1-3H3. The van der Waals surface area contributed by atoms with Crippen LogP contribution in [0.3, 0.4) is 0 Å². The van der Waals surface area contributed by atoms with Crippen LogP contribution in [0.15, 0.2) is 42.5 Å². The molecule has 0 aromatic heterocycles. The largest absolute Gasteiger partial charge is 0.494 e. The van der Waals surface area contributed by atoms with Crippen LogP contribution in [-0.4, -0.2) is 6.61 Å². The molecule has 0 radical (unpaired) electrons. The molecule has 2 rings (SSSR count). The lowest BCUT2D eigenvalue weighted by Crippen LogP contribution is -2.01. The fraction of sp³-hybridized carbons (Fsp3) is 0.333. The van der Waals surface area contributed by atoms with Gasteiger partial charge in [-0.3, -0.25) is 0 Å². The Kier molecular flexibility index (Phi) is 5.05. The molecule has 2 aromatic rings. The van der Waals surface area contributed by atoms with Gasteiger partial charge in [0.2, 0.25) is 0 Å². The van der Waals surface area contributed by atoms with Gasteiger partial charge in [-0.1, -0.05) is 31.2 Å². The zero-order chi connectivity index (χ0) is 14.4. The predicted molar refractivity (Wildman–Crippen MR) is 85.5 cm³/mol. The molecule has 2 nitrogen and oxygen atoms in total. The van der Waals surface area contributed by atoms with E-state index in [1.54, 1.807) is 0 Å². The molecule has 2 heteroatoms. The van der Waals surface area contributed by atoms with Crippen LogP contribution >= 0.6 is 0 Å². The molecule has 0 unspecified atom stereocenters. The van der Waals surface area contributed by atoms with Crippen LogP contribution in [-0.2, 0) is 6.54 Å². The van der Waals surface area contributed by atoms with Crippen LogP contribution in [0.2, 0.25) is 0 Å². The van der Waals surface area contributed by atoms with E-state index in [2.05, 4.69) is 56.4 Å². The molecule has 0 heterocycles. The minimum atomic E-state index is 0.764. The molecule has 0 aliphatic heterocycles. The molecule has 0 bridgehead atoms. The molecular formula is C18H23NO. The maximum absolute atomic E-state index is 5.64. The van der Waals surface area contributed by atoms with E-state index in [1.807, 2.05) is 12.1 Å². The summed E-state index contributed by atoms with van der Waals surface area (Å²) in [5.41, 5.74) is 5.07. The normalized spacial score (nSPS) is 10.3. The van der Waals surface area contributed by atoms with Gasteiger partial charge in [-0.25, -0.2) is 0 Å². The van der Waals surface area contributed by atoms with Crippen molar-refractivity contribution in [2.45, 2.75) is 33.7 Å². The van der Waals surface area contributed by atoms with Crippen molar-refractivity contribution in [1.82, 2.24) is 0 Å². The van der Waals surface area contributed by atoms with Crippen LogP contribution in [0, 0.1) is 13.8 Å². The highest BCUT2D eigenvalue weighted by atomic mass is 16.5. The molecule has 0 aliphatic rings. The van der Waals surface area contributed by atoms with Gasteiger partial charge in [-0.15, -0.1) is 0 Å². The van der Waals surface area contributed by atoms with Crippen molar-refractivity contribution in [3.63, 3.8) is 0 Å². The lowest BCUT2D eigenvalue weighted by atomic mass is 10.1. The third kappa shape index (κ3) is 4.02. The smallest absolute Gasteiger partial charge is 0.121 e. The maximum Gasteiger partial charge on any atom is 0.121 e. The van der Waals surface area contributed by atoms with E-state index in [-0.39, 0.29) is 0 Å². The van der Waals surface area contributed by atoms with E-state index < -0.39 is 0 Å². The quantitative estimate of drug-likeness (QED) is 0.820. The Bertz CT molecular complexity index is 563. The molecule has 0 saturated carbocycles. The minimum Gasteiger partial charge on any atom is -0.494 e. The summed E-state index contributed by atoms with van der Waals surface area (Å²) in [7, 11) is 0. The number of nitrogens with one attached hydrogen (secondary N) is 1. The van der Waals surface area contributed by atoms with E-state index in [1.165, 1.54) is 16.7 Å². The van der Waals surface area contributed by atoms with Crippen molar-refractivity contribution in [2.75, 3.05) is 11.9 Å². The molecule has 0 saturated heterocycles. The number of anilines is 1. The monoisotopic (exact) mass is 269 g/mol. The second kappa shape index (κ2) is 6.99. The highest BCUT2D eigenvalue weighted by molar-refractivity contribution is 5.48. The zero-order valence-corrected chi connectivity index (χ0v) is 12.6. The molecule has 106 valence electrons. The van der Waals surface area contributed by atoms with Crippen LogP contribution in [0.25, 0.3) is 0 Å². The van der Waals surface area contributed by atoms with Crippen LogP contribution < -0.4 is 10.1 Å². The summed E-state index contributed by atoms with van der Waals surface area (Å²) in [6.07, 6.45) is 1.03. The molecular weight excluding hydrogens is 246 g/mol. The predicted octanol–water partition coefficient (Wildman–Crippen LogP) is 4.70. The number of aryl methyl sites for hydroxylation is 2. The fourth-order valence-electron chi connectivity index (χ4n) is 2.03. The van der Waals surface area contributed by atoms with Crippen molar-refractivity contribution < 1.29 is 4.74 Å². The lowest BCUT2D eigenvalue weighted by molar-refractivity contribution is 0.317. The Labute approximate surface area is 121 Å². The lowest BCUT2D eigenvalue weighted by Gasteiger charge is -2.10. The van der Waals surface area contributed by atoms with Crippen LogP contribution in [0.4, 0.5) is 5.69 Å². The maximum atomic E-state index is 5.64. The molecule has 0 fully saturated rings. The van der Waals surface area contributed by atoms with Crippen LogP contribution in [0.5, 0.6) is 5.75 Å². The van der Waals surface area contributed by atoms with Gasteiger partial charge in [0.25, 0.3) is 0 Å². The van der Waals surface area contributed by atoms with Crippen molar-refractivity contribution in [3.8, 4) is 5.75 Å². The zero-order valence-electron chi connectivity index (χ0n) is 12.6. The van der Waals surface area contributed by atoms with Gasteiger partial charge in [0.15, 0.2) is 0 Å². The Morgan fingerprint density at radius 3 is 2.60 bits per heavy atom. The van der Waals surface area contributed by atoms with Gasteiger partial charge in [-0.05, 0) is 49.1 Å². The number of hydrogen-bond donors (Lipinski definition) is 1. The summed E-state index contributed by atoms with van der Waals surface area (Å²) in [5, 5.41) is 3.44. The molecule has 0 atom stereocenters. The SMILES string of the molecule is CCCOc1cccc(NCc2ccc(C)c(C)c2)c1. The summed E-state index contributed by atoms with van der Waals surface area (Å²) >= 11 is 0. The van der Waals surface area contributed by atoms with Gasteiger partial charge >= 0.3 is 0 Å². The van der Waals surface area contributed by atoms with E-state index >= 15 is 0 Å². The first-order valence-corrected chi connectivity index (χ1v) is 7.22. The number of rotatable bonds is 6. The van der Waals surface area contributed by atoms with Crippen molar-refractivity contribution in [2.24, 2.45) is 0 Å². The Morgan fingerprint density at radius 1 is 1.00 bits per heavy atom. The molecule has 20 heavy (non-hydrogen) atoms. The summed E-state index contributed by atoms with van der Waals surface area (Å²) in [4.78, 5) is 0. The van der Waals surface area contributed by atoms with Gasteiger partial charge in [-0.2, -0.15) is 0 Å². The topological polar surface area (TPSA) is 21.3 Å². The first-order valence-electron chi connectivity index (χ1n) is 7.22. The molecule has 2 aromatic carbocycles. The molecule has 1 N–H and O–H groups in total.